The topological polar surface area (TPSA) is 58.2 Å². The molecule has 0 amide bonds. The first kappa shape index (κ1) is 18.7. The van der Waals surface area contributed by atoms with E-state index in [9.17, 15) is 8.42 Å². The van der Waals surface area contributed by atoms with Gasteiger partial charge in [-0.05, 0) is 44.5 Å². The predicted octanol–water partition coefficient (Wildman–Crippen LogP) is 3.57. The molecule has 0 atom stereocenters. The summed E-state index contributed by atoms with van der Waals surface area (Å²) < 4.78 is 28.0. The van der Waals surface area contributed by atoms with Gasteiger partial charge in [0.2, 0.25) is 10.0 Å². The highest BCUT2D eigenvalue weighted by Crippen LogP contribution is 2.30. The molecule has 0 aromatic heterocycles. The Bertz CT molecular complexity index is 599. The molecule has 0 radical (unpaired) electrons. The second-order valence-corrected chi connectivity index (χ2v) is 7.75. The van der Waals surface area contributed by atoms with Crippen LogP contribution in [0.25, 0.3) is 0 Å². The standard InChI is InChI=1S/C14H22Cl2N2O2S/c1-5-14(3,6-2)18-21(19,20)12-8-11(15)7-10(9-17-4)13(12)16/h7-8,17-18H,5-6,9H2,1-4H3. The van der Waals surface area contributed by atoms with Crippen LogP contribution in [0.15, 0.2) is 17.0 Å². The monoisotopic (exact) mass is 352 g/mol. The molecule has 2 N–H and O–H groups in total. The number of halogens is 2. The van der Waals surface area contributed by atoms with E-state index in [1.54, 1.807) is 13.1 Å². The second-order valence-electron chi connectivity index (χ2n) is 5.28. The highest BCUT2D eigenvalue weighted by molar-refractivity contribution is 7.89. The zero-order valence-corrected chi connectivity index (χ0v) is 15.1. The van der Waals surface area contributed by atoms with Crippen molar-refractivity contribution in [1.82, 2.24) is 10.0 Å². The number of benzene rings is 1. The van der Waals surface area contributed by atoms with Crippen molar-refractivity contribution in [3.05, 3.63) is 27.7 Å². The predicted molar refractivity (Wildman–Crippen MR) is 88.5 cm³/mol. The van der Waals surface area contributed by atoms with Crippen molar-refractivity contribution in [2.45, 2.75) is 50.6 Å². The summed E-state index contributed by atoms with van der Waals surface area (Å²) in [6, 6.07) is 3.05. The van der Waals surface area contributed by atoms with Crippen LogP contribution in [0, 0.1) is 0 Å². The molecule has 0 aliphatic heterocycles. The van der Waals surface area contributed by atoms with Gasteiger partial charge in [-0.15, -0.1) is 0 Å². The summed E-state index contributed by atoms with van der Waals surface area (Å²) in [6.45, 7) is 6.20. The van der Waals surface area contributed by atoms with E-state index in [-0.39, 0.29) is 9.92 Å². The van der Waals surface area contributed by atoms with Gasteiger partial charge >= 0.3 is 0 Å². The van der Waals surface area contributed by atoms with E-state index in [0.29, 0.717) is 30.0 Å². The van der Waals surface area contributed by atoms with Gasteiger partial charge in [-0.25, -0.2) is 13.1 Å². The van der Waals surface area contributed by atoms with Gasteiger partial charge in [-0.3, -0.25) is 0 Å². The first-order chi connectivity index (χ1) is 9.69. The molecule has 0 unspecified atom stereocenters. The number of hydrogen-bond donors (Lipinski definition) is 2. The third-order valence-electron chi connectivity index (χ3n) is 3.68. The fourth-order valence-corrected chi connectivity index (χ4v) is 4.39. The van der Waals surface area contributed by atoms with Gasteiger partial charge < -0.3 is 5.32 Å². The van der Waals surface area contributed by atoms with Crippen molar-refractivity contribution in [3.63, 3.8) is 0 Å². The highest BCUT2D eigenvalue weighted by Gasteiger charge is 2.29. The van der Waals surface area contributed by atoms with E-state index in [2.05, 4.69) is 10.0 Å². The van der Waals surface area contributed by atoms with E-state index in [1.165, 1.54) is 6.07 Å². The molecular formula is C14H22Cl2N2O2S. The molecular weight excluding hydrogens is 331 g/mol. The average Bonchev–Trinajstić information content (AvgIpc) is 2.42. The summed E-state index contributed by atoms with van der Waals surface area (Å²) in [5.41, 5.74) is 0.148. The summed E-state index contributed by atoms with van der Waals surface area (Å²) in [6.07, 6.45) is 1.37. The summed E-state index contributed by atoms with van der Waals surface area (Å²) in [7, 11) is -1.97. The van der Waals surface area contributed by atoms with Crippen LogP contribution in [0.2, 0.25) is 10.0 Å². The Labute approximate surface area is 137 Å². The van der Waals surface area contributed by atoms with E-state index < -0.39 is 15.6 Å². The molecule has 0 saturated heterocycles. The second kappa shape index (κ2) is 7.29. The Hall–Kier alpha value is -0.330. The lowest BCUT2D eigenvalue weighted by Gasteiger charge is -2.28. The van der Waals surface area contributed by atoms with Crippen LogP contribution < -0.4 is 10.0 Å². The van der Waals surface area contributed by atoms with Crippen LogP contribution in [0.3, 0.4) is 0 Å². The zero-order valence-electron chi connectivity index (χ0n) is 12.8. The van der Waals surface area contributed by atoms with Crippen molar-refractivity contribution in [1.29, 1.82) is 0 Å². The summed E-state index contributed by atoms with van der Waals surface area (Å²) >= 11 is 12.3. The molecule has 0 bridgehead atoms. The summed E-state index contributed by atoms with van der Waals surface area (Å²) in [5.74, 6) is 0. The number of rotatable bonds is 7. The van der Waals surface area contributed by atoms with Crippen LogP contribution in [-0.2, 0) is 16.6 Å². The van der Waals surface area contributed by atoms with Crippen molar-refractivity contribution < 1.29 is 8.42 Å². The van der Waals surface area contributed by atoms with Crippen LogP contribution in [0.5, 0.6) is 0 Å². The number of sulfonamides is 1. The van der Waals surface area contributed by atoms with Crippen LogP contribution >= 0.6 is 23.2 Å². The van der Waals surface area contributed by atoms with Crippen LogP contribution in [0.4, 0.5) is 0 Å². The molecule has 1 rings (SSSR count). The zero-order chi connectivity index (χ0) is 16.3. The van der Waals surface area contributed by atoms with Gasteiger partial charge in [0.05, 0.1) is 5.02 Å². The Morgan fingerprint density at radius 3 is 2.24 bits per heavy atom. The molecule has 0 saturated carbocycles. The maximum Gasteiger partial charge on any atom is 0.242 e. The minimum atomic E-state index is -3.73. The Morgan fingerprint density at radius 1 is 1.19 bits per heavy atom. The smallest absolute Gasteiger partial charge is 0.242 e. The minimum Gasteiger partial charge on any atom is -0.316 e. The van der Waals surface area contributed by atoms with Crippen molar-refractivity contribution in [3.8, 4) is 0 Å². The lowest BCUT2D eigenvalue weighted by molar-refractivity contribution is 0.388. The Balaban J connectivity index is 3.32. The lowest BCUT2D eigenvalue weighted by atomic mass is 9.98. The van der Waals surface area contributed by atoms with Crippen molar-refractivity contribution >= 4 is 33.2 Å². The molecule has 0 heterocycles. The summed E-state index contributed by atoms with van der Waals surface area (Å²) in [4.78, 5) is 0.0232. The van der Waals surface area contributed by atoms with Gasteiger partial charge in [-0.1, -0.05) is 37.0 Å². The molecule has 0 aliphatic rings. The number of hydrogen-bond acceptors (Lipinski definition) is 3. The third-order valence-corrected chi connectivity index (χ3v) is 6.12. The SMILES string of the molecule is CCC(C)(CC)NS(=O)(=O)c1cc(Cl)cc(CNC)c1Cl. The molecule has 120 valence electrons. The lowest BCUT2D eigenvalue weighted by Crippen LogP contribution is -2.44. The maximum absolute atomic E-state index is 12.6. The molecule has 0 spiro atoms. The number of nitrogens with one attached hydrogen (secondary N) is 2. The van der Waals surface area contributed by atoms with Crippen LogP contribution in [0.1, 0.15) is 39.2 Å². The van der Waals surface area contributed by atoms with Gasteiger partial charge in [0.25, 0.3) is 0 Å². The summed E-state index contributed by atoms with van der Waals surface area (Å²) in [5, 5.41) is 3.49. The quantitative estimate of drug-likeness (QED) is 0.788. The molecule has 21 heavy (non-hydrogen) atoms. The molecule has 7 heteroatoms. The first-order valence-corrected chi connectivity index (χ1v) is 9.09. The van der Waals surface area contributed by atoms with Gasteiger partial charge in [0.1, 0.15) is 4.90 Å². The van der Waals surface area contributed by atoms with E-state index in [4.69, 9.17) is 23.2 Å². The van der Waals surface area contributed by atoms with Crippen LogP contribution in [-0.4, -0.2) is 21.0 Å². The molecule has 1 aromatic rings. The van der Waals surface area contributed by atoms with Crippen molar-refractivity contribution in [2.75, 3.05) is 7.05 Å². The first-order valence-electron chi connectivity index (χ1n) is 6.85. The fraction of sp³-hybridized carbons (Fsp3) is 0.571. The minimum absolute atomic E-state index is 0.0232. The molecule has 0 aliphatic carbocycles. The van der Waals surface area contributed by atoms with E-state index in [1.807, 2.05) is 20.8 Å². The highest BCUT2D eigenvalue weighted by atomic mass is 35.5. The Kier molecular flexibility index (Phi) is 6.50. The molecule has 0 fully saturated rings. The maximum atomic E-state index is 12.6. The van der Waals surface area contributed by atoms with E-state index in [0.717, 1.165) is 0 Å². The van der Waals surface area contributed by atoms with Gasteiger partial charge in [0, 0.05) is 17.1 Å². The normalized spacial score (nSPS) is 12.7. The molecule has 1 aromatic carbocycles. The third kappa shape index (κ3) is 4.57. The average molecular weight is 353 g/mol. The van der Waals surface area contributed by atoms with Crippen molar-refractivity contribution in [2.24, 2.45) is 0 Å². The molecule has 4 nitrogen and oxygen atoms in total. The fourth-order valence-electron chi connectivity index (χ4n) is 1.91. The Morgan fingerprint density at radius 2 is 1.76 bits per heavy atom. The van der Waals surface area contributed by atoms with E-state index >= 15 is 0 Å². The van der Waals surface area contributed by atoms with Gasteiger partial charge in [0.15, 0.2) is 0 Å². The largest absolute Gasteiger partial charge is 0.316 e. The van der Waals surface area contributed by atoms with Gasteiger partial charge in [-0.2, -0.15) is 0 Å².